The van der Waals surface area contributed by atoms with Gasteiger partial charge in [0.25, 0.3) is 6.17 Å². The molecular weight excluding hydrogens is 270 g/mol. The Bertz CT molecular complexity index is 614. The molecule has 2 N–H and O–H groups in total. The molecule has 1 aromatic carbocycles. The topological polar surface area (TPSA) is 107 Å². The Morgan fingerprint density at radius 3 is 2.74 bits per heavy atom. The molecule has 104 valence electrons. The first-order valence-corrected chi connectivity index (χ1v) is 7.39. The lowest BCUT2D eigenvalue weighted by Gasteiger charge is -2.23. The van der Waals surface area contributed by atoms with E-state index in [0.717, 1.165) is 0 Å². The lowest BCUT2D eigenvalue weighted by molar-refractivity contribution is -0.519. The quantitative estimate of drug-likeness (QED) is 0.654. The largest absolute Gasteiger partial charge is 0.310 e. The van der Waals surface area contributed by atoms with Crippen molar-refractivity contribution in [3.05, 3.63) is 33.9 Å². The van der Waals surface area contributed by atoms with Crippen molar-refractivity contribution in [2.75, 3.05) is 11.4 Å². The number of rotatable bonds is 3. The van der Waals surface area contributed by atoms with Crippen molar-refractivity contribution >= 4 is 15.7 Å². The molecule has 1 aliphatic rings. The zero-order chi connectivity index (χ0) is 14.2. The van der Waals surface area contributed by atoms with Crippen LogP contribution in [0.15, 0.2) is 23.1 Å². The Kier molecular flexibility index (Phi) is 3.46. The van der Waals surface area contributed by atoms with Gasteiger partial charge in [-0.05, 0) is 31.0 Å². The first-order chi connectivity index (χ1) is 8.82. The number of hydrogen-bond donors (Lipinski definition) is 1. The Morgan fingerprint density at radius 2 is 2.16 bits per heavy atom. The van der Waals surface area contributed by atoms with E-state index in [2.05, 4.69) is 0 Å². The van der Waals surface area contributed by atoms with Gasteiger partial charge in [-0.25, -0.2) is 13.6 Å². The molecule has 0 spiro atoms. The number of sulfonamides is 1. The molecule has 0 aromatic heterocycles. The van der Waals surface area contributed by atoms with Gasteiger partial charge in [0.15, 0.2) is 0 Å². The van der Waals surface area contributed by atoms with Crippen LogP contribution in [0.5, 0.6) is 0 Å². The Hall–Kier alpha value is -1.67. The molecule has 1 atom stereocenters. The van der Waals surface area contributed by atoms with Crippen LogP contribution in [0.25, 0.3) is 0 Å². The molecule has 0 saturated carbocycles. The highest BCUT2D eigenvalue weighted by atomic mass is 32.2. The third kappa shape index (κ3) is 2.54. The highest BCUT2D eigenvalue weighted by Crippen LogP contribution is 2.31. The first-order valence-electron chi connectivity index (χ1n) is 5.85. The van der Waals surface area contributed by atoms with Gasteiger partial charge in [0.05, 0.1) is 4.90 Å². The molecule has 8 heteroatoms. The highest BCUT2D eigenvalue weighted by molar-refractivity contribution is 7.89. The number of nitro groups is 1. The van der Waals surface area contributed by atoms with Gasteiger partial charge in [-0.2, -0.15) is 0 Å². The molecule has 1 fully saturated rings. The molecule has 0 bridgehead atoms. The minimum absolute atomic E-state index is 0.0130. The van der Waals surface area contributed by atoms with Crippen LogP contribution < -0.4 is 10.0 Å². The maximum atomic E-state index is 11.5. The van der Waals surface area contributed by atoms with E-state index in [1.807, 2.05) is 0 Å². The Morgan fingerprint density at radius 1 is 1.47 bits per heavy atom. The number of nitrogens with two attached hydrogens (primary N) is 1. The van der Waals surface area contributed by atoms with E-state index in [1.54, 1.807) is 24.0 Å². The van der Waals surface area contributed by atoms with E-state index in [1.165, 1.54) is 6.07 Å². The molecule has 1 heterocycles. The summed E-state index contributed by atoms with van der Waals surface area (Å²) in [6, 6.07) is 4.65. The summed E-state index contributed by atoms with van der Waals surface area (Å²) in [6.07, 6.45) is 0.380. The van der Waals surface area contributed by atoms with Crippen molar-refractivity contribution in [2.45, 2.75) is 30.8 Å². The van der Waals surface area contributed by atoms with E-state index < -0.39 is 16.2 Å². The molecule has 1 saturated heterocycles. The van der Waals surface area contributed by atoms with Crippen LogP contribution in [0.3, 0.4) is 0 Å². The molecule has 1 aromatic rings. The van der Waals surface area contributed by atoms with E-state index in [-0.39, 0.29) is 9.82 Å². The van der Waals surface area contributed by atoms with Crippen LogP contribution >= 0.6 is 0 Å². The summed E-state index contributed by atoms with van der Waals surface area (Å²) in [6.45, 7) is 2.16. The summed E-state index contributed by atoms with van der Waals surface area (Å²) in [5.74, 6) is 0. The maximum Gasteiger partial charge on any atom is 0.287 e. The van der Waals surface area contributed by atoms with Gasteiger partial charge in [0.2, 0.25) is 10.0 Å². The number of benzene rings is 1. The summed E-state index contributed by atoms with van der Waals surface area (Å²) in [5.41, 5.74) is 1.02. The van der Waals surface area contributed by atoms with E-state index in [0.29, 0.717) is 30.6 Å². The minimum Gasteiger partial charge on any atom is -0.310 e. The fourth-order valence-corrected chi connectivity index (χ4v) is 3.27. The first kappa shape index (κ1) is 13.8. The number of hydrogen-bond acceptors (Lipinski definition) is 5. The molecule has 2 rings (SSSR count). The zero-order valence-electron chi connectivity index (χ0n) is 10.4. The van der Waals surface area contributed by atoms with Crippen LogP contribution in [0.4, 0.5) is 5.69 Å². The second-order valence-corrected chi connectivity index (χ2v) is 6.08. The van der Waals surface area contributed by atoms with E-state index in [9.17, 15) is 18.5 Å². The SMILES string of the molecule is Cc1c(N2CCCC2[N+](=O)[O-])cccc1S(N)(=O)=O. The van der Waals surface area contributed by atoms with Gasteiger partial charge in [-0.15, -0.1) is 0 Å². The molecule has 0 amide bonds. The second kappa shape index (κ2) is 4.78. The average Bonchev–Trinajstić information content (AvgIpc) is 2.76. The lowest BCUT2D eigenvalue weighted by atomic mass is 10.2. The zero-order valence-corrected chi connectivity index (χ0v) is 11.3. The van der Waals surface area contributed by atoms with Crippen LogP contribution in [0, 0.1) is 17.0 Å². The molecule has 19 heavy (non-hydrogen) atoms. The van der Waals surface area contributed by atoms with Gasteiger partial charge < -0.3 is 4.90 Å². The third-order valence-electron chi connectivity index (χ3n) is 3.34. The van der Waals surface area contributed by atoms with Crippen molar-refractivity contribution < 1.29 is 13.3 Å². The number of anilines is 1. The van der Waals surface area contributed by atoms with Gasteiger partial charge in [-0.1, -0.05) is 6.07 Å². The lowest BCUT2D eigenvalue weighted by Crippen LogP contribution is -2.36. The molecular formula is C11H15N3O4S. The smallest absolute Gasteiger partial charge is 0.287 e. The van der Waals surface area contributed by atoms with Gasteiger partial charge in [-0.3, -0.25) is 10.1 Å². The van der Waals surface area contributed by atoms with Crippen LogP contribution in [0.1, 0.15) is 18.4 Å². The summed E-state index contributed by atoms with van der Waals surface area (Å²) in [7, 11) is -3.82. The van der Waals surface area contributed by atoms with Crippen molar-refractivity contribution in [3.63, 3.8) is 0 Å². The molecule has 7 nitrogen and oxygen atoms in total. The number of nitrogens with zero attached hydrogens (tertiary/aromatic N) is 2. The maximum absolute atomic E-state index is 11.5. The minimum atomic E-state index is -3.82. The summed E-state index contributed by atoms with van der Waals surface area (Å²) >= 11 is 0. The third-order valence-corrected chi connectivity index (χ3v) is 4.39. The fraction of sp³-hybridized carbons (Fsp3) is 0.455. The summed E-state index contributed by atoms with van der Waals surface area (Å²) in [4.78, 5) is 12.3. The van der Waals surface area contributed by atoms with Crippen LogP contribution in [-0.2, 0) is 10.0 Å². The van der Waals surface area contributed by atoms with Crippen molar-refractivity contribution in [1.82, 2.24) is 0 Å². The Balaban J connectivity index is 2.49. The Labute approximate surface area is 111 Å². The van der Waals surface area contributed by atoms with Crippen molar-refractivity contribution in [1.29, 1.82) is 0 Å². The monoisotopic (exact) mass is 285 g/mol. The predicted octanol–water partition coefficient (Wildman–Crippen LogP) is 0.845. The molecule has 0 radical (unpaired) electrons. The molecule has 1 aliphatic heterocycles. The van der Waals surface area contributed by atoms with Gasteiger partial charge >= 0.3 is 0 Å². The van der Waals surface area contributed by atoms with Crippen LogP contribution in [0.2, 0.25) is 0 Å². The van der Waals surface area contributed by atoms with E-state index in [4.69, 9.17) is 5.14 Å². The summed E-state index contributed by atoms with van der Waals surface area (Å²) < 4.78 is 22.9. The highest BCUT2D eigenvalue weighted by Gasteiger charge is 2.35. The molecule has 1 unspecified atom stereocenters. The van der Waals surface area contributed by atoms with Gasteiger partial charge in [0, 0.05) is 23.6 Å². The normalized spacial score (nSPS) is 19.7. The fourth-order valence-electron chi connectivity index (χ4n) is 2.47. The summed E-state index contributed by atoms with van der Waals surface area (Å²) in [5, 5.41) is 16.1. The predicted molar refractivity (Wildman–Crippen MR) is 69.9 cm³/mol. The molecule has 0 aliphatic carbocycles. The van der Waals surface area contributed by atoms with Crippen LogP contribution in [-0.4, -0.2) is 26.1 Å². The standard InChI is InChI=1S/C11H15N3O4S/c1-8-9(4-2-5-10(8)19(12,17)18)13-7-3-6-11(13)14(15)16/h2,4-5,11H,3,6-7H2,1H3,(H2,12,17,18). The van der Waals surface area contributed by atoms with E-state index >= 15 is 0 Å². The van der Waals surface area contributed by atoms with Crippen molar-refractivity contribution in [3.8, 4) is 0 Å². The number of primary sulfonamides is 1. The second-order valence-electron chi connectivity index (χ2n) is 4.55. The average molecular weight is 285 g/mol. The van der Waals surface area contributed by atoms with Gasteiger partial charge in [0.1, 0.15) is 0 Å². The van der Waals surface area contributed by atoms with Crippen molar-refractivity contribution in [2.24, 2.45) is 5.14 Å².